The summed E-state index contributed by atoms with van der Waals surface area (Å²) in [6, 6.07) is 9.34. The number of likely N-dealkylation sites (tertiary alicyclic amines) is 1. The van der Waals surface area contributed by atoms with Crippen LogP contribution in [-0.4, -0.2) is 18.0 Å². The predicted molar refractivity (Wildman–Crippen MR) is 152 cm³/mol. The van der Waals surface area contributed by atoms with Crippen molar-refractivity contribution in [3.05, 3.63) is 82.6 Å². The molecule has 0 radical (unpaired) electrons. The highest BCUT2D eigenvalue weighted by atomic mass is 15.1. The van der Waals surface area contributed by atoms with Crippen molar-refractivity contribution in [1.29, 1.82) is 0 Å². The number of fused-ring (bicyclic) bond motifs is 1. The molecule has 1 aromatic rings. The maximum absolute atomic E-state index is 4.63. The molecule has 35 heavy (non-hydrogen) atoms. The summed E-state index contributed by atoms with van der Waals surface area (Å²) in [6.07, 6.45) is 15.7. The van der Waals surface area contributed by atoms with Gasteiger partial charge in [0.05, 0.1) is 0 Å². The molecule has 0 aromatic heterocycles. The summed E-state index contributed by atoms with van der Waals surface area (Å²) >= 11 is 0. The lowest BCUT2D eigenvalue weighted by molar-refractivity contribution is 0.0422. The number of hydrogen-bond donors (Lipinski definition) is 0. The molecule has 2 aliphatic carbocycles. The molecule has 1 heterocycles. The first-order valence-electron chi connectivity index (χ1n) is 14.3. The summed E-state index contributed by atoms with van der Waals surface area (Å²) in [5, 5.41) is 0. The van der Waals surface area contributed by atoms with Crippen molar-refractivity contribution < 1.29 is 0 Å². The van der Waals surface area contributed by atoms with E-state index in [2.05, 4.69) is 95.5 Å². The molecule has 2 atom stereocenters. The highest BCUT2D eigenvalue weighted by Crippen LogP contribution is 2.54. The van der Waals surface area contributed by atoms with E-state index in [1.54, 1.807) is 16.7 Å². The minimum absolute atomic E-state index is 0.428. The largest absolute Gasteiger partial charge is 0.371 e. The number of nitrogens with zero attached hydrogens (tertiary/aromatic N) is 1. The van der Waals surface area contributed by atoms with Crippen LogP contribution in [0.25, 0.3) is 0 Å². The molecule has 1 fully saturated rings. The minimum Gasteiger partial charge on any atom is -0.371 e. The van der Waals surface area contributed by atoms with Gasteiger partial charge in [0, 0.05) is 18.8 Å². The molecule has 1 nitrogen and oxygen atoms in total. The van der Waals surface area contributed by atoms with Gasteiger partial charge in [-0.3, -0.25) is 0 Å². The van der Waals surface area contributed by atoms with Crippen molar-refractivity contribution in [1.82, 2.24) is 4.90 Å². The van der Waals surface area contributed by atoms with E-state index in [-0.39, 0.29) is 0 Å². The van der Waals surface area contributed by atoms with Gasteiger partial charge in [-0.1, -0.05) is 90.1 Å². The Balaban J connectivity index is 1.52. The van der Waals surface area contributed by atoms with Crippen LogP contribution in [0, 0.1) is 23.2 Å². The van der Waals surface area contributed by atoms with E-state index >= 15 is 0 Å². The Morgan fingerprint density at radius 3 is 2.46 bits per heavy atom. The molecule has 1 heteroatoms. The first-order chi connectivity index (χ1) is 16.7. The molecule has 0 bridgehead atoms. The van der Waals surface area contributed by atoms with Gasteiger partial charge in [0.1, 0.15) is 0 Å². The highest BCUT2D eigenvalue weighted by molar-refractivity contribution is 5.47. The third-order valence-electron chi connectivity index (χ3n) is 9.25. The maximum Gasteiger partial charge on any atom is 0.0366 e. The van der Waals surface area contributed by atoms with Crippen LogP contribution in [0.2, 0.25) is 0 Å². The highest BCUT2D eigenvalue weighted by Gasteiger charge is 2.46. The third kappa shape index (κ3) is 5.55. The van der Waals surface area contributed by atoms with Crippen molar-refractivity contribution in [2.45, 2.75) is 92.4 Å². The second-order valence-electron chi connectivity index (χ2n) is 12.5. The topological polar surface area (TPSA) is 3.24 Å². The summed E-state index contributed by atoms with van der Waals surface area (Å²) in [7, 11) is 0. The van der Waals surface area contributed by atoms with Gasteiger partial charge < -0.3 is 4.90 Å². The van der Waals surface area contributed by atoms with E-state index in [1.807, 2.05) is 0 Å². The van der Waals surface area contributed by atoms with Crippen molar-refractivity contribution >= 4 is 0 Å². The average Bonchev–Trinajstić information content (AvgIpc) is 3.03. The van der Waals surface area contributed by atoms with Crippen LogP contribution in [0.1, 0.15) is 97.1 Å². The van der Waals surface area contributed by atoms with Crippen LogP contribution in [-0.2, 0) is 6.42 Å². The van der Waals surface area contributed by atoms with Crippen LogP contribution in [0.5, 0.6) is 0 Å². The zero-order valence-electron chi connectivity index (χ0n) is 23.4. The summed E-state index contributed by atoms with van der Waals surface area (Å²) in [5.74, 6) is 2.87. The van der Waals surface area contributed by atoms with Gasteiger partial charge in [-0.2, -0.15) is 0 Å². The smallest absolute Gasteiger partial charge is 0.0366 e. The lowest BCUT2D eigenvalue weighted by atomic mass is 9.55. The number of piperidine rings is 1. The van der Waals surface area contributed by atoms with Gasteiger partial charge >= 0.3 is 0 Å². The molecule has 190 valence electrons. The van der Waals surface area contributed by atoms with E-state index in [0.29, 0.717) is 17.3 Å². The molecular formula is C34H49N. The zero-order chi connectivity index (χ0) is 25.2. The molecule has 0 saturated carbocycles. The summed E-state index contributed by atoms with van der Waals surface area (Å²) in [5.41, 5.74) is 9.39. The van der Waals surface area contributed by atoms with E-state index in [0.717, 1.165) is 37.8 Å². The van der Waals surface area contributed by atoms with E-state index in [4.69, 9.17) is 0 Å². The molecule has 4 rings (SSSR count). The Morgan fingerprint density at radius 1 is 1.09 bits per heavy atom. The Hall–Kier alpha value is -2.02. The van der Waals surface area contributed by atoms with Crippen molar-refractivity contribution in [3.63, 3.8) is 0 Å². The van der Waals surface area contributed by atoms with Gasteiger partial charge in [0.15, 0.2) is 0 Å². The zero-order valence-corrected chi connectivity index (χ0v) is 23.4. The Kier molecular flexibility index (Phi) is 8.14. The summed E-state index contributed by atoms with van der Waals surface area (Å²) in [4.78, 5) is 2.59. The van der Waals surface area contributed by atoms with Crippen molar-refractivity contribution in [2.24, 2.45) is 23.2 Å². The van der Waals surface area contributed by atoms with Gasteiger partial charge in [0.2, 0.25) is 0 Å². The van der Waals surface area contributed by atoms with Gasteiger partial charge in [-0.25, -0.2) is 0 Å². The second kappa shape index (κ2) is 10.9. The fourth-order valence-electron chi connectivity index (χ4n) is 7.20. The van der Waals surface area contributed by atoms with E-state index < -0.39 is 0 Å². The fraction of sp³-hybridized carbons (Fsp3) is 0.588. The van der Waals surface area contributed by atoms with Gasteiger partial charge in [-0.05, 0) is 102 Å². The molecule has 1 saturated heterocycles. The molecule has 0 N–H and O–H groups in total. The quantitative estimate of drug-likeness (QED) is 0.383. The monoisotopic (exact) mass is 471 g/mol. The number of benzene rings is 1. The molecular weight excluding hydrogens is 422 g/mol. The Labute approximate surface area is 216 Å². The predicted octanol–water partition coefficient (Wildman–Crippen LogP) is 9.24. The molecule has 2 unspecified atom stereocenters. The second-order valence-corrected chi connectivity index (χ2v) is 12.5. The maximum atomic E-state index is 4.63. The lowest BCUT2D eigenvalue weighted by Crippen LogP contribution is -2.48. The number of allylic oxidation sites excluding steroid dienone is 5. The van der Waals surface area contributed by atoms with E-state index in [1.165, 1.54) is 48.9 Å². The van der Waals surface area contributed by atoms with Gasteiger partial charge in [-0.15, -0.1) is 0 Å². The number of hydrogen-bond acceptors (Lipinski definition) is 1. The first kappa shape index (κ1) is 26.1. The molecule has 1 spiro atoms. The molecule has 3 aliphatic rings. The normalized spacial score (nSPS) is 24.1. The van der Waals surface area contributed by atoms with Crippen molar-refractivity contribution in [2.75, 3.05) is 13.1 Å². The van der Waals surface area contributed by atoms with Crippen molar-refractivity contribution in [3.8, 4) is 0 Å². The first-order valence-corrected chi connectivity index (χ1v) is 14.3. The fourth-order valence-corrected chi connectivity index (χ4v) is 7.20. The number of rotatable bonds is 7. The third-order valence-corrected chi connectivity index (χ3v) is 9.25. The minimum atomic E-state index is 0.428. The Morgan fingerprint density at radius 2 is 1.80 bits per heavy atom. The lowest BCUT2D eigenvalue weighted by Gasteiger charge is -2.52. The summed E-state index contributed by atoms with van der Waals surface area (Å²) < 4.78 is 0. The van der Waals surface area contributed by atoms with Crippen LogP contribution in [0.3, 0.4) is 0 Å². The van der Waals surface area contributed by atoms with Crippen LogP contribution in [0.15, 0.2) is 71.5 Å². The standard InChI is InChI=1S/C34H49N/c1-8-28-22-29(13-11-14-30(28)20-24(2)3)27(7)35-18-16-34(17-19-35)23-31-12-9-10-15-32(31)33(26(34)6)21-25(4)5/h9-13,15,22,24-26,33H,7-8,14,16-21,23H2,1-6H3. The molecule has 1 aromatic carbocycles. The Bertz CT molecular complexity index is 993. The van der Waals surface area contributed by atoms with Crippen LogP contribution >= 0.6 is 0 Å². The summed E-state index contributed by atoms with van der Waals surface area (Å²) in [6.45, 7) is 21.2. The van der Waals surface area contributed by atoms with Crippen LogP contribution in [0.4, 0.5) is 0 Å². The molecule has 1 aliphatic heterocycles. The van der Waals surface area contributed by atoms with Crippen LogP contribution < -0.4 is 0 Å². The van der Waals surface area contributed by atoms with E-state index in [9.17, 15) is 0 Å². The van der Waals surface area contributed by atoms with Gasteiger partial charge in [0.25, 0.3) is 0 Å². The SMILES string of the molecule is C=C(C1=CC(CC)=C(CC(C)C)CC=C1)N1CCC2(CC1)Cc1ccccc1C(CC(C)C)C2C. The average molecular weight is 472 g/mol. The molecule has 0 amide bonds.